The number of nitrogens with zero attached hydrogens (tertiary/aromatic N) is 1. The summed E-state index contributed by atoms with van der Waals surface area (Å²) < 4.78 is 0. The Labute approximate surface area is 130 Å². The van der Waals surface area contributed by atoms with Gasteiger partial charge in [0.05, 0.1) is 5.92 Å². The molecule has 3 aliphatic rings. The highest BCUT2D eigenvalue weighted by molar-refractivity contribution is 6.30. The van der Waals surface area contributed by atoms with Crippen molar-refractivity contribution in [3.8, 4) is 0 Å². The maximum atomic E-state index is 12.9. The first-order valence-corrected chi connectivity index (χ1v) is 8.39. The minimum Gasteiger partial charge on any atom is -0.335 e. The fraction of sp³-hybridized carbons (Fsp3) is 0.588. The Morgan fingerprint density at radius 2 is 1.95 bits per heavy atom. The first kappa shape index (κ1) is 13.6. The molecule has 3 nitrogen and oxygen atoms in total. The zero-order valence-electron chi connectivity index (χ0n) is 12.1. The summed E-state index contributed by atoms with van der Waals surface area (Å²) in [5.74, 6) is 0.573. The van der Waals surface area contributed by atoms with E-state index in [2.05, 4.69) is 10.2 Å². The number of fused-ring (bicyclic) bond motifs is 2. The van der Waals surface area contributed by atoms with Crippen molar-refractivity contribution < 1.29 is 4.79 Å². The molecule has 1 N–H and O–H groups in total. The smallest absolute Gasteiger partial charge is 0.227 e. The van der Waals surface area contributed by atoms with Gasteiger partial charge in [0.2, 0.25) is 5.91 Å². The molecule has 0 spiro atoms. The number of carbonyl (C=O) groups is 1. The van der Waals surface area contributed by atoms with Crippen LogP contribution in [0.3, 0.4) is 0 Å². The Bertz CT molecular complexity index is 540. The molecule has 2 heterocycles. The van der Waals surface area contributed by atoms with Crippen molar-refractivity contribution in [1.29, 1.82) is 0 Å². The van der Waals surface area contributed by atoms with Crippen molar-refractivity contribution in [3.63, 3.8) is 0 Å². The number of nitrogens with one attached hydrogen (secondary N) is 1. The lowest BCUT2D eigenvalue weighted by Gasteiger charge is -2.29. The lowest BCUT2D eigenvalue weighted by Crippen LogP contribution is -2.41. The average Bonchev–Trinajstić information content (AvgIpc) is 3.11. The van der Waals surface area contributed by atoms with Gasteiger partial charge in [-0.05, 0) is 49.8 Å². The van der Waals surface area contributed by atoms with Gasteiger partial charge in [-0.15, -0.1) is 0 Å². The van der Waals surface area contributed by atoms with Crippen LogP contribution >= 0.6 is 11.6 Å². The van der Waals surface area contributed by atoms with Gasteiger partial charge in [-0.25, -0.2) is 0 Å². The summed E-state index contributed by atoms with van der Waals surface area (Å²) in [6.07, 6.45) is 5.77. The molecule has 1 aromatic rings. The van der Waals surface area contributed by atoms with E-state index in [0.717, 1.165) is 30.8 Å². The van der Waals surface area contributed by atoms with E-state index < -0.39 is 0 Å². The Morgan fingerprint density at radius 1 is 1.19 bits per heavy atom. The molecule has 1 aromatic carbocycles. The van der Waals surface area contributed by atoms with Crippen molar-refractivity contribution in [2.75, 3.05) is 0 Å². The third kappa shape index (κ3) is 2.69. The van der Waals surface area contributed by atoms with Gasteiger partial charge >= 0.3 is 0 Å². The lowest BCUT2D eigenvalue weighted by atomic mass is 9.88. The topological polar surface area (TPSA) is 32.3 Å². The van der Waals surface area contributed by atoms with E-state index in [0.29, 0.717) is 24.0 Å². The Hall–Kier alpha value is -1.06. The van der Waals surface area contributed by atoms with Gasteiger partial charge in [-0.1, -0.05) is 23.7 Å². The van der Waals surface area contributed by atoms with Gasteiger partial charge in [0.1, 0.15) is 0 Å². The molecule has 0 radical (unpaired) electrons. The standard InChI is InChI=1S/C17H21ClN2O/c18-12-3-1-11(2-4-12)10-20(14-6-7-14)17(21)15-9-13-5-8-16(15)19-13/h1-4,13-16,19H,5-10H2. The minimum atomic E-state index is 0.205. The fourth-order valence-corrected chi connectivity index (χ4v) is 4.00. The molecule has 1 saturated carbocycles. The molecule has 4 heteroatoms. The average molecular weight is 305 g/mol. The second kappa shape index (κ2) is 5.29. The van der Waals surface area contributed by atoms with E-state index in [4.69, 9.17) is 11.6 Å². The van der Waals surface area contributed by atoms with E-state index >= 15 is 0 Å². The van der Waals surface area contributed by atoms with Gasteiger partial charge in [0.25, 0.3) is 0 Å². The van der Waals surface area contributed by atoms with E-state index in [-0.39, 0.29) is 5.92 Å². The van der Waals surface area contributed by atoms with Crippen molar-refractivity contribution in [3.05, 3.63) is 34.9 Å². The van der Waals surface area contributed by atoms with Crippen LogP contribution in [0.2, 0.25) is 5.02 Å². The molecule has 3 unspecified atom stereocenters. The summed E-state index contributed by atoms with van der Waals surface area (Å²) >= 11 is 5.94. The summed E-state index contributed by atoms with van der Waals surface area (Å²) in [7, 11) is 0. The van der Waals surface area contributed by atoms with Gasteiger partial charge in [-0.2, -0.15) is 0 Å². The molecule has 1 aliphatic carbocycles. The highest BCUT2D eigenvalue weighted by atomic mass is 35.5. The first-order valence-electron chi connectivity index (χ1n) is 8.01. The summed E-state index contributed by atoms with van der Waals surface area (Å²) in [5.41, 5.74) is 1.18. The predicted octanol–water partition coefficient (Wildman–Crippen LogP) is 2.97. The van der Waals surface area contributed by atoms with E-state index in [1.54, 1.807) is 0 Å². The molecule has 0 aromatic heterocycles. The Balaban J connectivity index is 1.49. The number of hydrogen-bond donors (Lipinski definition) is 1. The third-order valence-corrected chi connectivity index (χ3v) is 5.41. The van der Waals surface area contributed by atoms with Crippen LogP contribution in [0.4, 0.5) is 0 Å². The van der Waals surface area contributed by atoms with Crippen LogP contribution in [-0.2, 0) is 11.3 Å². The fourth-order valence-electron chi connectivity index (χ4n) is 3.87. The lowest BCUT2D eigenvalue weighted by molar-refractivity contribution is -0.137. The number of hydrogen-bond acceptors (Lipinski definition) is 2. The molecule has 4 rings (SSSR count). The van der Waals surface area contributed by atoms with Crippen LogP contribution in [0.15, 0.2) is 24.3 Å². The van der Waals surface area contributed by atoms with Crippen molar-refractivity contribution in [1.82, 2.24) is 10.2 Å². The van der Waals surface area contributed by atoms with E-state index in [1.807, 2.05) is 24.3 Å². The van der Waals surface area contributed by atoms with Crippen LogP contribution < -0.4 is 5.32 Å². The molecule has 3 atom stereocenters. The zero-order chi connectivity index (χ0) is 14.4. The summed E-state index contributed by atoms with van der Waals surface area (Å²) in [5, 5.41) is 4.33. The summed E-state index contributed by atoms with van der Waals surface area (Å²) in [6.45, 7) is 0.731. The molecule has 2 saturated heterocycles. The maximum absolute atomic E-state index is 12.9. The van der Waals surface area contributed by atoms with E-state index in [1.165, 1.54) is 18.4 Å². The molecular weight excluding hydrogens is 284 g/mol. The highest BCUT2D eigenvalue weighted by Crippen LogP contribution is 2.37. The number of benzene rings is 1. The van der Waals surface area contributed by atoms with Gasteiger partial charge in [0, 0.05) is 29.7 Å². The van der Waals surface area contributed by atoms with Gasteiger partial charge < -0.3 is 10.2 Å². The van der Waals surface area contributed by atoms with Crippen LogP contribution in [0.5, 0.6) is 0 Å². The largest absolute Gasteiger partial charge is 0.335 e. The number of carbonyl (C=O) groups excluding carboxylic acids is 1. The quantitative estimate of drug-likeness (QED) is 0.927. The normalized spacial score (nSPS) is 30.6. The van der Waals surface area contributed by atoms with Crippen LogP contribution in [0.25, 0.3) is 0 Å². The molecule has 21 heavy (non-hydrogen) atoms. The second-order valence-corrected chi connectivity index (χ2v) is 7.15. The monoisotopic (exact) mass is 304 g/mol. The minimum absolute atomic E-state index is 0.205. The Kier molecular flexibility index (Phi) is 3.43. The SMILES string of the molecule is O=C(C1CC2CCC1N2)N(Cc1ccc(Cl)cc1)C1CC1. The molecule has 2 aliphatic heterocycles. The van der Waals surface area contributed by atoms with Crippen LogP contribution in [0, 0.1) is 5.92 Å². The first-order chi connectivity index (χ1) is 10.2. The molecule has 2 bridgehead atoms. The third-order valence-electron chi connectivity index (χ3n) is 5.15. The Morgan fingerprint density at radius 3 is 2.52 bits per heavy atom. The maximum Gasteiger partial charge on any atom is 0.227 e. The predicted molar refractivity (Wildman–Crippen MR) is 83.1 cm³/mol. The number of rotatable bonds is 4. The second-order valence-electron chi connectivity index (χ2n) is 6.71. The summed E-state index contributed by atoms with van der Waals surface area (Å²) in [4.78, 5) is 15.1. The van der Waals surface area contributed by atoms with Gasteiger partial charge in [0.15, 0.2) is 0 Å². The molecule has 3 fully saturated rings. The van der Waals surface area contributed by atoms with Gasteiger partial charge in [-0.3, -0.25) is 4.79 Å². The zero-order valence-corrected chi connectivity index (χ0v) is 12.9. The molecule has 1 amide bonds. The highest BCUT2D eigenvalue weighted by Gasteiger charge is 2.46. The van der Waals surface area contributed by atoms with Crippen molar-refractivity contribution >= 4 is 17.5 Å². The molecule has 112 valence electrons. The van der Waals surface area contributed by atoms with E-state index in [9.17, 15) is 4.79 Å². The van der Waals surface area contributed by atoms with Crippen molar-refractivity contribution in [2.24, 2.45) is 5.92 Å². The number of halogens is 1. The number of amides is 1. The molecular formula is C17H21ClN2O. The van der Waals surface area contributed by atoms with Crippen molar-refractivity contribution in [2.45, 2.75) is 56.8 Å². The summed E-state index contributed by atoms with van der Waals surface area (Å²) in [6, 6.07) is 9.35. The van der Waals surface area contributed by atoms with Crippen LogP contribution in [0.1, 0.15) is 37.7 Å². The van der Waals surface area contributed by atoms with Crippen LogP contribution in [-0.4, -0.2) is 28.9 Å².